The number of nitriles is 1. The first-order valence-electron chi connectivity index (χ1n) is 5.22. The molecule has 0 N–H and O–H groups in total. The van der Waals surface area contributed by atoms with E-state index in [0.717, 1.165) is 17.2 Å². The van der Waals surface area contributed by atoms with Crippen LogP contribution in [0.25, 0.3) is 0 Å². The highest BCUT2D eigenvalue weighted by atomic mass is 15.4. The Hall–Kier alpha value is -2.35. The zero-order valence-corrected chi connectivity index (χ0v) is 10.0. The standard InChI is InChI=1S/C12H13N5/c1-9-11(7-13)12(17(3)15-9)16(2)10-5-4-6-14-8-10/h4-6,8H,1-3H3. The van der Waals surface area contributed by atoms with Crippen molar-refractivity contribution in [1.29, 1.82) is 5.26 Å². The van der Waals surface area contributed by atoms with Gasteiger partial charge in [0.1, 0.15) is 17.5 Å². The molecule has 0 aliphatic rings. The Morgan fingerprint density at radius 2 is 2.24 bits per heavy atom. The van der Waals surface area contributed by atoms with Crippen molar-refractivity contribution in [2.24, 2.45) is 7.05 Å². The second-order valence-electron chi connectivity index (χ2n) is 3.79. The van der Waals surface area contributed by atoms with Gasteiger partial charge in [0, 0.05) is 20.3 Å². The molecule has 86 valence electrons. The van der Waals surface area contributed by atoms with Gasteiger partial charge in [0.05, 0.1) is 17.6 Å². The van der Waals surface area contributed by atoms with E-state index < -0.39 is 0 Å². The smallest absolute Gasteiger partial charge is 0.149 e. The Labute approximate surface area is 99.9 Å². The molecule has 0 unspecified atom stereocenters. The van der Waals surface area contributed by atoms with Crippen molar-refractivity contribution in [2.75, 3.05) is 11.9 Å². The van der Waals surface area contributed by atoms with Crippen LogP contribution < -0.4 is 4.90 Å². The maximum Gasteiger partial charge on any atom is 0.149 e. The molecule has 0 atom stereocenters. The third-order valence-electron chi connectivity index (χ3n) is 2.65. The Kier molecular flexibility index (Phi) is 2.79. The van der Waals surface area contributed by atoms with E-state index in [0.29, 0.717) is 5.56 Å². The molecule has 2 heterocycles. The van der Waals surface area contributed by atoms with Crippen LogP contribution in [0, 0.1) is 18.3 Å². The van der Waals surface area contributed by atoms with Crippen LogP contribution >= 0.6 is 0 Å². The molecule has 17 heavy (non-hydrogen) atoms. The number of aromatic nitrogens is 3. The van der Waals surface area contributed by atoms with E-state index in [1.807, 2.05) is 38.1 Å². The summed E-state index contributed by atoms with van der Waals surface area (Å²) in [6.07, 6.45) is 3.47. The second-order valence-corrected chi connectivity index (χ2v) is 3.79. The minimum atomic E-state index is 0.596. The average molecular weight is 227 g/mol. The highest BCUT2D eigenvalue weighted by Gasteiger charge is 2.17. The lowest BCUT2D eigenvalue weighted by atomic mass is 10.2. The first-order valence-corrected chi connectivity index (χ1v) is 5.22. The molecule has 0 aromatic carbocycles. The van der Waals surface area contributed by atoms with Crippen LogP contribution in [0.2, 0.25) is 0 Å². The molecule has 2 rings (SSSR count). The lowest BCUT2D eigenvalue weighted by Gasteiger charge is -2.19. The van der Waals surface area contributed by atoms with Crippen LogP contribution in [0.1, 0.15) is 11.3 Å². The third-order valence-corrected chi connectivity index (χ3v) is 2.65. The summed E-state index contributed by atoms with van der Waals surface area (Å²) in [6, 6.07) is 5.99. The minimum absolute atomic E-state index is 0.596. The fraction of sp³-hybridized carbons (Fsp3) is 0.250. The lowest BCUT2D eigenvalue weighted by molar-refractivity contribution is 0.750. The van der Waals surface area contributed by atoms with Crippen molar-refractivity contribution in [1.82, 2.24) is 14.8 Å². The number of hydrogen-bond donors (Lipinski definition) is 0. The molecule has 0 saturated heterocycles. The van der Waals surface area contributed by atoms with E-state index in [1.165, 1.54) is 0 Å². The van der Waals surface area contributed by atoms with Gasteiger partial charge in [0.2, 0.25) is 0 Å². The summed E-state index contributed by atoms with van der Waals surface area (Å²) in [5, 5.41) is 13.4. The molecule has 0 aliphatic heterocycles. The molecule has 0 radical (unpaired) electrons. The van der Waals surface area contributed by atoms with E-state index in [4.69, 9.17) is 5.26 Å². The molecule has 2 aromatic heterocycles. The van der Waals surface area contributed by atoms with E-state index in [2.05, 4.69) is 16.2 Å². The molecule has 0 spiro atoms. The molecule has 5 heteroatoms. The van der Waals surface area contributed by atoms with Gasteiger partial charge in [-0.05, 0) is 19.1 Å². The molecule has 0 saturated carbocycles. The average Bonchev–Trinajstić information content (AvgIpc) is 2.63. The van der Waals surface area contributed by atoms with Crippen molar-refractivity contribution in [3.05, 3.63) is 35.8 Å². The number of pyridine rings is 1. The van der Waals surface area contributed by atoms with Gasteiger partial charge in [-0.15, -0.1) is 0 Å². The second kappa shape index (κ2) is 4.26. The summed E-state index contributed by atoms with van der Waals surface area (Å²) in [5.41, 5.74) is 2.26. The van der Waals surface area contributed by atoms with E-state index in [1.54, 1.807) is 17.1 Å². The SMILES string of the molecule is Cc1nn(C)c(N(C)c2cccnc2)c1C#N. The topological polar surface area (TPSA) is 57.7 Å². The summed E-state index contributed by atoms with van der Waals surface area (Å²) in [5.74, 6) is 0.776. The largest absolute Gasteiger partial charge is 0.327 e. The van der Waals surface area contributed by atoms with Crippen molar-refractivity contribution in [3.63, 3.8) is 0 Å². The van der Waals surface area contributed by atoms with Gasteiger partial charge in [0.15, 0.2) is 0 Å². The van der Waals surface area contributed by atoms with E-state index in [-0.39, 0.29) is 0 Å². The summed E-state index contributed by atoms with van der Waals surface area (Å²) in [7, 11) is 3.73. The number of nitrogens with zero attached hydrogens (tertiary/aromatic N) is 5. The minimum Gasteiger partial charge on any atom is -0.327 e. The predicted octanol–water partition coefficient (Wildman–Crippen LogP) is 1.76. The summed E-state index contributed by atoms with van der Waals surface area (Å²) in [6.45, 7) is 1.83. The molecular formula is C12H13N5. The van der Waals surface area contributed by atoms with Gasteiger partial charge in [-0.2, -0.15) is 10.4 Å². The number of anilines is 2. The van der Waals surface area contributed by atoms with E-state index >= 15 is 0 Å². The normalized spacial score (nSPS) is 10.0. The van der Waals surface area contributed by atoms with Crippen LogP contribution in [-0.2, 0) is 7.05 Å². The molecule has 5 nitrogen and oxygen atoms in total. The molecule has 0 aliphatic carbocycles. The molecule has 0 bridgehead atoms. The number of aryl methyl sites for hydroxylation is 2. The molecular weight excluding hydrogens is 214 g/mol. The van der Waals surface area contributed by atoms with Gasteiger partial charge in [-0.1, -0.05) is 0 Å². The summed E-state index contributed by atoms with van der Waals surface area (Å²) in [4.78, 5) is 5.98. The third kappa shape index (κ3) is 1.85. The van der Waals surface area contributed by atoms with E-state index in [9.17, 15) is 0 Å². The Morgan fingerprint density at radius 3 is 2.82 bits per heavy atom. The molecule has 0 amide bonds. The fourth-order valence-electron chi connectivity index (χ4n) is 1.84. The molecule has 0 fully saturated rings. The van der Waals surface area contributed by atoms with Gasteiger partial charge in [0.25, 0.3) is 0 Å². The van der Waals surface area contributed by atoms with Gasteiger partial charge < -0.3 is 4.90 Å². The van der Waals surface area contributed by atoms with Gasteiger partial charge >= 0.3 is 0 Å². The van der Waals surface area contributed by atoms with Crippen molar-refractivity contribution in [3.8, 4) is 6.07 Å². The van der Waals surface area contributed by atoms with Crippen LogP contribution in [0.4, 0.5) is 11.5 Å². The first-order chi connectivity index (χ1) is 8.15. The first kappa shape index (κ1) is 11.1. The lowest BCUT2D eigenvalue weighted by Crippen LogP contribution is -2.14. The van der Waals surface area contributed by atoms with Crippen LogP contribution in [0.15, 0.2) is 24.5 Å². The maximum absolute atomic E-state index is 9.16. The van der Waals surface area contributed by atoms with Crippen LogP contribution in [0.5, 0.6) is 0 Å². The zero-order chi connectivity index (χ0) is 12.4. The monoisotopic (exact) mass is 227 g/mol. The maximum atomic E-state index is 9.16. The Bertz CT molecular complexity index is 565. The molecule has 2 aromatic rings. The summed E-state index contributed by atoms with van der Waals surface area (Å²) >= 11 is 0. The van der Waals surface area contributed by atoms with Crippen molar-refractivity contribution in [2.45, 2.75) is 6.92 Å². The van der Waals surface area contributed by atoms with Crippen LogP contribution in [-0.4, -0.2) is 21.8 Å². The Morgan fingerprint density at radius 1 is 1.47 bits per heavy atom. The van der Waals surface area contributed by atoms with Gasteiger partial charge in [-0.3, -0.25) is 9.67 Å². The van der Waals surface area contributed by atoms with Crippen molar-refractivity contribution < 1.29 is 0 Å². The van der Waals surface area contributed by atoms with Gasteiger partial charge in [-0.25, -0.2) is 0 Å². The highest BCUT2D eigenvalue weighted by Crippen LogP contribution is 2.27. The zero-order valence-electron chi connectivity index (χ0n) is 10.0. The number of hydrogen-bond acceptors (Lipinski definition) is 4. The highest BCUT2D eigenvalue weighted by molar-refractivity contribution is 5.65. The quantitative estimate of drug-likeness (QED) is 0.784. The Balaban J connectivity index is 2.52. The number of rotatable bonds is 2. The predicted molar refractivity (Wildman–Crippen MR) is 65.0 cm³/mol. The van der Waals surface area contributed by atoms with Crippen LogP contribution in [0.3, 0.4) is 0 Å². The van der Waals surface area contributed by atoms with Crippen molar-refractivity contribution >= 4 is 11.5 Å². The summed E-state index contributed by atoms with van der Waals surface area (Å²) < 4.78 is 1.71. The fourth-order valence-corrected chi connectivity index (χ4v) is 1.84.